The minimum Gasteiger partial charge on any atom is -0.490 e. The standard InChI is InChI=1S/C19H26N4O2/c1-20-19(23(3)14-16-8-5-10-22(16)2)21-13-15-7-4-9-17-18(15)25-12-6-11-24-17/h4-5,7-10H,6,11-14H2,1-3H3,(H,20,21). The molecular formula is C19H26N4O2. The van der Waals surface area contributed by atoms with Crippen LogP contribution in [0.4, 0.5) is 0 Å². The zero-order valence-corrected chi connectivity index (χ0v) is 15.2. The highest BCUT2D eigenvalue weighted by atomic mass is 16.5. The molecule has 25 heavy (non-hydrogen) atoms. The maximum atomic E-state index is 5.89. The lowest BCUT2D eigenvalue weighted by Crippen LogP contribution is -2.38. The van der Waals surface area contributed by atoms with E-state index in [0.29, 0.717) is 19.8 Å². The molecule has 6 nitrogen and oxygen atoms in total. The van der Waals surface area contributed by atoms with E-state index >= 15 is 0 Å². The number of para-hydroxylation sites is 1. The number of benzene rings is 1. The first-order chi connectivity index (χ1) is 12.2. The van der Waals surface area contributed by atoms with Crippen molar-refractivity contribution >= 4 is 5.96 Å². The number of hydrogen-bond acceptors (Lipinski definition) is 3. The molecule has 0 unspecified atom stereocenters. The Bertz CT molecular complexity index is 739. The first-order valence-electron chi connectivity index (χ1n) is 8.58. The van der Waals surface area contributed by atoms with Gasteiger partial charge in [-0.05, 0) is 18.2 Å². The summed E-state index contributed by atoms with van der Waals surface area (Å²) in [6.45, 7) is 2.81. The number of nitrogens with zero attached hydrogens (tertiary/aromatic N) is 3. The van der Waals surface area contributed by atoms with Gasteiger partial charge < -0.3 is 24.3 Å². The van der Waals surface area contributed by atoms with Crippen molar-refractivity contribution in [2.24, 2.45) is 12.0 Å². The minimum atomic E-state index is 0.636. The molecule has 0 saturated heterocycles. The fourth-order valence-electron chi connectivity index (χ4n) is 2.93. The van der Waals surface area contributed by atoms with Crippen molar-refractivity contribution in [3.8, 4) is 11.5 Å². The normalized spacial score (nSPS) is 14.1. The van der Waals surface area contributed by atoms with Crippen molar-refractivity contribution in [1.29, 1.82) is 0 Å². The van der Waals surface area contributed by atoms with Gasteiger partial charge in [0.15, 0.2) is 17.5 Å². The molecule has 1 aliphatic heterocycles. The van der Waals surface area contributed by atoms with E-state index in [1.807, 2.05) is 19.2 Å². The highest BCUT2D eigenvalue weighted by Gasteiger charge is 2.15. The molecule has 0 bridgehead atoms. The van der Waals surface area contributed by atoms with Crippen LogP contribution in [0.3, 0.4) is 0 Å². The summed E-state index contributed by atoms with van der Waals surface area (Å²) in [6, 6.07) is 10.2. The van der Waals surface area contributed by atoms with Crippen molar-refractivity contribution in [1.82, 2.24) is 14.8 Å². The summed E-state index contributed by atoms with van der Waals surface area (Å²) in [7, 11) is 5.89. The molecule has 134 valence electrons. The third kappa shape index (κ3) is 4.07. The molecule has 0 spiro atoms. The average Bonchev–Trinajstić information content (AvgIpc) is 2.86. The topological polar surface area (TPSA) is 51.0 Å². The number of hydrogen-bond donors (Lipinski definition) is 1. The molecule has 3 rings (SSSR count). The lowest BCUT2D eigenvalue weighted by molar-refractivity contribution is 0.296. The maximum Gasteiger partial charge on any atom is 0.194 e. The van der Waals surface area contributed by atoms with Crippen molar-refractivity contribution in [2.75, 3.05) is 27.3 Å². The fourth-order valence-corrected chi connectivity index (χ4v) is 2.93. The Balaban J connectivity index is 1.66. The SMILES string of the molecule is CN=C(NCc1cccc2c1OCCCO2)N(C)Cc1cccn1C. The number of nitrogens with one attached hydrogen (secondary N) is 1. The van der Waals surface area contributed by atoms with Crippen molar-refractivity contribution in [2.45, 2.75) is 19.5 Å². The Morgan fingerprint density at radius 3 is 2.84 bits per heavy atom. The maximum absolute atomic E-state index is 5.89. The quantitative estimate of drug-likeness (QED) is 0.685. The van der Waals surface area contributed by atoms with Crippen LogP contribution in [0.25, 0.3) is 0 Å². The van der Waals surface area contributed by atoms with Crippen LogP contribution < -0.4 is 14.8 Å². The van der Waals surface area contributed by atoms with Crippen LogP contribution in [0.2, 0.25) is 0 Å². The Morgan fingerprint density at radius 1 is 1.24 bits per heavy atom. The Kier molecular flexibility index (Phi) is 5.48. The molecule has 0 saturated carbocycles. The summed E-state index contributed by atoms with van der Waals surface area (Å²) in [5.74, 6) is 2.50. The number of aliphatic imine (C=N–C) groups is 1. The van der Waals surface area contributed by atoms with Crippen molar-refractivity contribution < 1.29 is 9.47 Å². The first-order valence-corrected chi connectivity index (χ1v) is 8.58. The summed E-state index contributed by atoms with van der Waals surface area (Å²) in [5.41, 5.74) is 2.31. The molecule has 2 aromatic rings. The van der Waals surface area contributed by atoms with Crippen LogP contribution in [0.1, 0.15) is 17.7 Å². The van der Waals surface area contributed by atoms with Gasteiger partial charge in [-0.2, -0.15) is 0 Å². The van der Waals surface area contributed by atoms with E-state index in [0.717, 1.165) is 36.0 Å². The lowest BCUT2D eigenvalue weighted by Gasteiger charge is -2.23. The number of guanidine groups is 1. The second-order valence-electron chi connectivity index (χ2n) is 6.16. The monoisotopic (exact) mass is 342 g/mol. The van der Waals surface area contributed by atoms with E-state index in [-0.39, 0.29) is 0 Å². The largest absolute Gasteiger partial charge is 0.490 e. The predicted octanol–water partition coefficient (Wildman–Crippen LogP) is 2.39. The van der Waals surface area contributed by atoms with Crippen molar-refractivity contribution in [3.63, 3.8) is 0 Å². The summed E-state index contributed by atoms with van der Waals surface area (Å²) < 4.78 is 13.8. The van der Waals surface area contributed by atoms with Gasteiger partial charge in [-0.25, -0.2) is 0 Å². The van der Waals surface area contributed by atoms with Gasteiger partial charge in [0, 0.05) is 51.6 Å². The third-order valence-corrected chi connectivity index (χ3v) is 4.31. The predicted molar refractivity (Wildman–Crippen MR) is 99.1 cm³/mol. The van der Waals surface area contributed by atoms with Crippen LogP contribution in [0, 0.1) is 0 Å². The van der Waals surface area contributed by atoms with Crippen LogP contribution in [-0.4, -0.2) is 42.7 Å². The molecule has 1 aromatic heterocycles. The molecule has 0 fully saturated rings. The lowest BCUT2D eigenvalue weighted by atomic mass is 10.2. The molecular weight excluding hydrogens is 316 g/mol. The van der Waals surface area contributed by atoms with E-state index in [2.05, 4.69) is 51.2 Å². The average molecular weight is 342 g/mol. The molecule has 0 atom stereocenters. The van der Waals surface area contributed by atoms with Crippen LogP contribution in [-0.2, 0) is 20.1 Å². The second kappa shape index (κ2) is 7.96. The molecule has 1 N–H and O–H groups in total. The summed E-state index contributed by atoms with van der Waals surface area (Å²) in [5, 5.41) is 3.42. The van der Waals surface area contributed by atoms with Gasteiger partial charge in [-0.3, -0.25) is 4.99 Å². The number of ether oxygens (including phenoxy) is 2. The Labute approximate surface area is 149 Å². The van der Waals surface area contributed by atoms with Gasteiger partial charge >= 0.3 is 0 Å². The molecule has 6 heteroatoms. The highest BCUT2D eigenvalue weighted by molar-refractivity contribution is 5.79. The van der Waals surface area contributed by atoms with Gasteiger partial charge in [0.25, 0.3) is 0 Å². The third-order valence-electron chi connectivity index (χ3n) is 4.31. The number of aromatic nitrogens is 1. The minimum absolute atomic E-state index is 0.636. The van der Waals surface area contributed by atoms with E-state index in [9.17, 15) is 0 Å². The molecule has 0 radical (unpaired) electrons. The van der Waals surface area contributed by atoms with Gasteiger partial charge in [0.2, 0.25) is 0 Å². The Morgan fingerprint density at radius 2 is 2.08 bits per heavy atom. The molecule has 1 aromatic carbocycles. The first kappa shape index (κ1) is 17.2. The van der Waals surface area contributed by atoms with Crippen molar-refractivity contribution in [3.05, 3.63) is 47.8 Å². The molecule has 2 heterocycles. The number of rotatable bonds is 4. The zero-order chi connectivity index (χ0) is 17.6. The van der Waals surface area contributed by atoms with E-state index in [4.69, 9.17) is 9.47 Å². The van der Waals surface area contributed by atoms with Gasteiger partial charge in [-0.15, -0.1) is 0 Å². The molecule has 1 aliphatic rings. The number of fused-ring (bicyclic) bond motifs is 1. The van der Waals surface area contributed by atoms with E-state index < -0.39 is 0 Å². The molecule has 0 amide bonds. The summed E-state index contributed by atoms with van der Waals surface area (Å²) in [6.07, 6.45) is 2.96. The van der Waals surface area contributed by atoms with Gasteiger partial charge in [-0.1, -0.05) is 12.1 Å². The summed E-state index contributed by atoms with van der Waals surface area (Å²) >= 11 is 0. The zero-order valence-electron chi connectivity index (χ0n) is 15.2. The van der Waals surface area contributed by atoms with E-state index in [1.54, 1.807) is 7.05 Å². The fraction of sp³-hybridized carbons (Fsp3) is 0.421. The van der Waals surface area contributed by atoms with Crippen LogP contribution in [0.5, 0.6) is 11.5 Å². The highest BCUT2D eigenvalue weighted by Crippen LogP contribution is 2.33. The second-order valence-corrected chi connectivity index (χ2v) is 6.16. The van der Waals surface area contributed by atoms with Gasteiger partial charge in [0.05, 0.1) is 19.8 Å². The van der Waals surface area contributed by atoms with Crippen LogP contribution >= 0.6 is 0 Å². The Hall–Kier alpha value is -2.63. The van der Waals surface area contributed by atoms with E-state index in [1.165, 1.54) is 5.69 Å². The van der Waals surface area contributed by atoms with Crippen LogP contribution in [0.15, 0.2) is 41.5 Å². The molecule has 0 aliphatic carbocycles. The van der Waals surface area contributed by atoms with Gasteiger partial charge in [0.1, 0.15) is 0 Å². The smallest absolute Gasteiger partial charge is 0.194 e. The summed E-state index contributed by atoms with van der Waals surface area (Å²) in [4.78, 5) is 6.50. The number of aryl methyl sites for hydroxylation is 1.